The topological polar surface area (TPSA) is 42.7 Å². The van der Waals surface area contributed by atoms with E-state index >= 15 is 0 Å². The third-order valence-corrected chi connectivity index (χ3v) is 3.03. The smallest absolute Gasteiger partial charge is 0.138 e. The molecule has 0 aliphatic rings. The molecule has 0 aromatic carbocycles. The fourth-order valence-electron chi connectivity index (χ4n) is 1.68. The van der Waals surface area contributed by atoms with Crippen LogP contribution in [0.15, 0.2) is 6.33 Å². The molecule has 0 saturated heterocycles. The molecule has 4 heteroatoms. The third-order valence-electron chi connectivity index (χ3n) is 3.03. The molecule has 0 amide bonds. The van der Waals surface area contributed by atoms with E-state index in [1.165, 1.54) is 12.8 Å². The fourth-order valence-corrected chi connectivity index (χ4v) is 1.68. The van der Waals surface area contributed by atoms with E-state index in [9.17, 15) is 0 Å². The van der Waals surface area contributed by atoms with Crippen LogP contribution in [0.1, 0.15) is 32.5 Å². The monoisotopic (exact) mass is 210 g/mol. The maximum Gasteiger partial charge on any atom is 0.138 e. The van der Waals surface area contributed by atoms with Crippen LogP contribution in [-0.4, -0.2) is 27.9 Å². The van der Waals surface area contributed by atoms with E-state index in [0.29, 0.717) is 6.04 Å². The summed E-state index contributed by atoms with van der Waals surface area (Å²) >= 11 is 0. The quantitative estimate of drug-likeness (QED) is 0.771. The zero-order valence-electron chi connectivity index (χ0n) is 10.2. The molecule has 4 nitrogen and oxygen atoms in total. The average Bonchev–Trinajstić information content (AvgIpc) is 2.63. The predicted molar refractivity (Wildman–Crippen MR) is 61.6 cm³/mol. The molecule has 0 fully saturated rings. The number of hydrogen-bond acceptors (Lipinski definition) is 3. The van der Waals surface area contributed by atoms with Crippen LogP contribution < -0.4 is 5.32 Å². The van der Waals surface area contributed by atoms with Crippen molar-refractivity contribution in [2.75, 3.05) is 7.05 Å². The molecule has 2 atom stereocenters. The van der Waals surface area contributed by atoms with Crippen LogP contribution in [0, 0.1) is 5.92 Å². The minimum absolute atomic E-state index is 0.503. The summed E-state index contributed by atoms with van der Waals surface area (Å²) in [6.07, 6.45) is 5.00. The molecule has 0 spiro atoms. The van der Waals surface area contributed by atoms with Gasteiger partial charge < -0.3 is 5.32 Å². The Hall–Kier alpha value is -0.900. The summed E-state index contributed by atoms with van der Waals surface area (Å²) < 4.78 is 1.85. The van der Waals surface area contributed by atoms with Crippen molar-refractivity contribution in [2.24, 2.45) is 13.0 Å². The van der Waals surface area contributed by atoms with Crippen LogP contribution in [0.25, 0.3) is 0 Å². The Labute approximate surface area is 92.1 Å². The number of nitrogens with zero attached hydrogens (tertiary/aromatic N) is 3. The van der Waals surface area contributed by atoms with Crippen LogP contribution >= 0.6 is 0 Å². The highest BCUT2D eigenvalue weighted by atomic mass is 15.3. The Bertz CT molecular complexity index is 282. The molecule has 86 valence electrons. The van der Waals surface area contributed by atoms with Crippen LogP contribution in [0.4, 0.5) is 0 Å². The Balaban J connectivity index is 2.50. The van der Waals surface area contributed by atoms with Crippen molar-refractivity contribution in [3.63, 3.8) is 0 Å². The predicted octanol–water partition coefficient (Wildman–Crippen LogP) is 1.38. The van der Waals surface area contributed by atoms with Crippen molar-refractivity contribution in [3.05, 3.63) is 12.2 Å². The first-order valence-corrected chi connectivity index (χ1v) is 5.67. The molecule has 0 saturated carbocycles. The van der Waals surface area contributed by atoms with Gasteiger partial charge in [0.05, 0.1) is 0 Å². The zero-order valence-corrected chi connectivity index (χ0v) is 10.2. The first-order chi connectivity index (χ1) is 7.17. The lowest BCUT2D eigenvalue weighted by molar-refractivity contribution is 0.402. The van der Waals surface area contributed by atoms with Gasteiger partial charge in [-0.1, -0.05) is 20.3 Å². The molecule has 1 heterocycles. The fraction of sp³-hybridized carbons (Fsp3) is 0.818. The molecule has 0 aliphatic heterocycles. The molecule has 1 aromatic heterocycles. The average molecular weight is 210 g/mol. The van der Waals surface area contributed by atoms with Crippen LogP contribution in [0.2, 0.25) is 0 Å². The molecule has 0 bridgehead atoms. The molecule has 15 heavy (non-hydrogen) atoms. The molecular weight excluding hydrogens is 188 g/mol. The second-order valence-electron chi connectivity index (χ2n) is 4.24. The van der Waals surface area contributed by atoms with Gasteiger partial charge in [-0.05, 0) is 19.4 Å². The first-order valence-electron chi connectivity index (χ1n) is 5.67. The van der Waals surface area contributed by atoms with E-state index in [-0.39, 0.29) is 0 Å². The third kappa shape index (κ3) is 3.63. The zero-order chi connectivity index (χ0) is 11.3. The minimum Gasteiger partial charge on any atom is -0.317 e. The summed E-state index contributed by atoms with van der Waals surface area (Å²) in [6.45, 7) is 4.53. The van der Waals surface area contributed by atoms with E-state index in [1.54, 1.807) is 6.33 Å². The van der Waals surface area contributed by atoms with E-state index in [2.05, 4.69) is 29.2 Å². The van der Waals surface area contributed by atoms with Gasteiger partial charge in [0.25, 0.3) is 0 Å². The molecule has 1 rings (SSSR count). The van der Waals surface area contributed by atoms with Gasteiger partial charge in [-0.3, -0.25) is 4.68 Å². The van der Waals surface area contributed by atoms with Crippen molar-refractivity contribution < 1.29 is 0 Å². The first kappa shape index (κ1) is 12.2. The summed E-state index contributed by atoms with van der Waals surface area (Å²) in [6, 6.07) is 0.503. The van der Waals surface area contributed by atoms with Crippen LogP contribution in [0.3, 0.4) is 0 Å². The lowest BCUT2D eigenvalue weighted by Crippen LogP contribution is -2.30. The van der Waals surface area contributed by atoms with Crippen molar-refractivity contribution in [3.8, 4) is 0 Å². The number of hydrogen-bond donors (Lipinski definition) is 1. The van der Waals surface area contributed by atoms with Crippen molar-refractivity contribution in [1.29, 1.82) is 0 Å². The Morgan fingerprint density at radius 2 is 2.27 bits per heavy atom. The van der Waals surface area contributed by atoms with Gasteiger partial charge in [0.2, 0.25) is 0 Å². The largest absolute Gasteiger partial charge is 0.317 e. The second kappa shape index (κ2) is 5.85. The van der Waals surface area contributed by atoms with Gasteiger partial charge in [0.1, 0.15) is 12.2 Å². The van der Waals surface area contributed by atoms with E-state index in [1.807, 2.05) is 18.8 Å². The highest BCUT2D eigenvalue weighted by Gasteiger charge is 2.13. The molecule has 2 unspecified atom stereocenters. The molecule has 0 radical (unpaired) electrons. The second-order valence-corrected chi connectivity index (χ2v) is 4.24. The maximum atomic E-state index is 4.25. The van der Waals surface area contributed by atoms with Gasteiger partial charge in [-0.15, -0.1) is 0 Å². The molecule has 1 aromatic rings. The lowest BCUT2D eigenvalue weighted by Gasteiger charge is -2.19. The highest BCUT2D eigenvalue weighted by molar-refractivity contribution is 4.89. The van der Waals surface area contributed by atoms with Gasteiger partial charge >= 0.3 is 0 Å². The minimum atomic E-state index is 0.503. The van der Waals surface area contributed by atoms with Crippen molar-refractivity contribution in [2.45, 2.75) is 39.2 Å². The van der Waals surface area contributed by atoms with E-state index in [4.69, 9.17) is 0 Å². The number of nitrogens with one attached hydrogen (secondary N) is 1. The van der Waals surface area contributed by atoms with Gasteiger partial charge in [0.15, 0.2) is 0 Å². The van der Waals surface area contributed by atoms with Crippen LogP contribution in [0.5, 0.6) is 0 Å². The number of aryl methyl sites for hydroxylation is 1. The van der Waals surface area contributed by atoms with Crippen molar-refractivity contribution >= 4 is 0 Å². The van der Waals surface area contributed by atoms with E-state index in [0.717, 1.165) is 18.2 Å². The number of likely N-dealkylation sites (N-methyl/N-ethyl adjacent to an activating group) is 1. The Morgan fingerprint density at radius 1 is 1.53 bits per heavy atom. The summed E-state index contributed by atoms with van der Waals surface area (Å²) in [7, 11) is 3.96. The van der Waals surface area contributed by atoms with Crippen LogP contribution in [-0.2, 0) is 13.5 Å². The maximum absolute atomic E-state index is 4.25. The summed E-state index contributed by atoms with van der Waals surface area (Å²) in [4.78, 5) is 4.25. The van der Waals surface area contributed by atoms with Gasteiger partial charge in [-0.2, -0.15) is 5.10 Å². The highest BCUT2D eigenvalue weighted by Crippen LogP contribution is 2.12. The van der Waals surface area contributed by atoms with Gasteiger partial charge in [0, 0.05) is 19.5 Å². The summed E-state index contributed by atoms with van der Waals surface area (Å²) in [5, 5.41) is 7.43. The molecule has 1 N–H and O–H groups in total. The number of rotatable bonds is 6. The van der Waals surface area contributed by atoms with Crippen molar-refractivity contribution in [1.82, 2.24) is 20.1 Å². The standard InChI is InChI=1S/C11H22N4/c1-5-9(2)6-10(12-3)7-11-13-8-14-15(11)4/h8-10,12H,5-7H2,1-4H3. The Morgan fingerprint density at radius 3 is 2.73 bits per heavy atom. The summed E-state index contributed by atoms with van der Waals surface area (Å²) in [5.74, 6) is 1.81. The van der Waals surface area contributed by atoms with E-state index < -0.39 is 0 Å². The molecular formula is C11H22N4. The number of aromatic nitrogens is 3. The summed E-state index contributed by atoms with van der Waals surface area (Å²) in [5.41, 5.74) is 0. The van der Waals surface area contributed by atoms with Gasteiger partial charge in [-0.25, -0.2) is 4.98 Å². The Kier molecular flexibility index (Phi) is 4.75. The molecule has 0 aliphatic carbocycles. The normalized spacial score (nSPS) is 15.2. The SMILES string of the molecule is CCC(C)CC(Cc1ncnn1C)NC. The lowest BCUT2D eigenvalue weighted by atomic mass is 9.97.